The van der Waals surface area contributed by atoms with Crippen molar-refractivity contribution >= 4 is 17.2 Å². The molecule has 4 heteroatoms. The molecule has 0 radical (unpaired) electrons. The predicted molar refractivity (Wildman–Crippen MR) is 80.8 cm³/mol. The number of carbonyl (C=O) groups is 1. The maximum absolute atomic E-state index is 12.7. The van der Waals surface area contributed by atoms with Gasteiger partial charge in [-0.05, 0) is 51.2 Å². The molecule has 1 saturated heterocycles. The molecule has 0 bridgehead atoms. The van der Waals surface area contributed by atoms with Crippen LogP contribution in [0.25, 0.3) is 0 Å². The van der Waals surface area contributed by atoms with Gasteiger partial charge in [0.2, 0.25) is 0 Å². The Kier molecular flexibility index (Phi) is 4.63. The van der Waals surface area contributed by atoms with Crippen LogP contribution in [0.5, 0.6) is 0 Å². The summed E-state index contributed by atoms with van der Waals surface area (Å²) < 4.78 is 0. The van der Waals surface area contributed by atoms with Gasteiger partial charge in [-0.3, -0.25) is 4.79 Å². The average molecular weight is 280 g/mol. The van der Waals surface area contributed by atoms with Crippen LogP contribution in [0.15, 0.2) is 6.07 Å². The molecule has 2 rings (SSSR count). The van der Waals surface area contributed by atoms with Crippen molar-refractivity contribution in [3.8, 4) is 0 Å². The topological polar surface area (TPSA) is 46.3 Å². The Morgan fingerprint density at radius 2 is 2.32 bits per heavy atom. The number of nitrogens with two attached hydrogens (primary N) is 1. The molecule has 2 unspecified atom stereocenters. The number of likely N-dealkylation sites (tertiary alicyclic amines) is 1. The van der Waals surface area contributed by atoms with Gasteiger partial charge in [0.05, 0.1) is 4.88 Å². The molecule has 0 spiro atoms. The number of hydrogen-bond donors (Lipinski definition) is 1. The zero-order valence-corrected chi connectivity index (χ0v) is 12.9. The van der Waals surface area contributed by atoms with E-state index in [0.717, 1.165) is 30.7 Å². The quantitative estimate of drug-likeness (QED) is 0.925. The number of nitrogens with zero attached hydrogens (tertiary/aromatic N) is 1. The molecule has 1 aromatic heterocycles. The van der Waals surface area contributed by atoms with Gasteiger partial charge in [-0.2, -0.15) is 0 Å². The van der Waals surface area contributed by atoms with Crippen LogP contribution in [0.3, 0.4) is 0 Å². The van der Waals surface area contributed by atoms with Gasteiger partial charge in [-0.25, -0.2) is 0 Å². The van der Waals surface area contributed by atoms with Gasteiger partial charge < -0.3 is 10.6 Å². The van der Waals surface area contributed by atoms with Crippen LogP contribution < -0.4 is 5.73 Å². The zero-order chi connectivity index (χ0) is 14.0. The molecule has 2 atom stereocenters. The highest BCUT2D eigenvalue weighted by Crippen LogP contribution is 2.27. The van der Waals surface area contributed by atoms with E-state index >= 15 is 0 Å². The normalized spacial score (nSPS) is 21.5. The average Bonchev–Trinajstić information content (AvgIpc) is 2.79. The van der Waals surface area contributed by atoms with Gasteiger partial charge in [0, 0.05) is 23.5 Å². The fraction of sp³-hybridized carbons (Fsp3) is 0.667. The summed E-state index contributed by atoms with van der Waals surface area (Å²) in [4.78, 5) is 16.9. The Morgan fingerprint density at radius 1 is 1.58 bits per heavy atom. The minimum atomic E-state index is 0.0518. The van der Waals surface area contributed by atoms with E-state index in [0.29, 0.717) is 0 Å². The van der Waals surface area contributed by atoms with Gasteiger partial charge in [0.25, 0.3) is 5.91 Å². The Bertz CT molecular complexity index is 453. The van der Waals surface area contributed by atoms with Gasteiger partial charge in [-0.1, -0.05) is 6.92 Å². The Hall–Kier alpha value is -0.870. The van der Waals surface area contributed by atoms with Crippen LogP contribution in [-0.2, 0) is 6.42 Å². The first-order valence-electron chi connectivity index (χ1n) is 7.20. The molecule has 1 aliphatic heterocycles. The summed E-state index contributed by atoms with van der Waals surface area (Å²) in [5.41, 5.74) is 7.29. The molecule has 106 valence electrons. The van der Waals surface area contributed by atoms with Crippen LogP contribution in [-0.4, -0.2) is 29.4 Å². The summed E-state index contributed by atoms with van der Waals surface area (Å²) in [7, 11) is 0. The molecule has 1 amide bonds. The van der Waals surface area contributed by atoms with Crippen molar-refractivity contribution in [2.24, 2.45) is 5.73 Å². The molecular weight excluding hydrogens is 256 g/mol. The maximum Gasteiger partial charge on any atom is 0.264 e. The van der Waals surface area contributed by atoms with Gasteiger partial charge in [0.15, 0.2) is 0 Å². The Labute approximate surface area is 119 Å². The molecule has 1 aromatic rings. The van der Waals surface area contributed by atoms with E-state index in [1.54, 1.807) is 11.3 Å². The number of amides is 1. The van der Waals surface area contributed by atoms with E-state index in [4.69, 9.17) is 5.73 Å². The summed E-state index contributed by atoms with van der Waals surface area (Å²) in [5, 5.41) is 0. The second-order valence-corrected chi connectivity index (χ2v) is 6.63. The lowest BCUT2D eigenvalue weighted by atomic mass is 9.96. The second kappa shape index (κ2) is 6.06. The Morgan fingerprint density at radius 3 is 2.89 bits per heavy atom. The molecule has 19 heavy (non-hydrogen) atoms. The van der Waals surface area contributed by atoms with E-state index in [1.165, 1.54) is 16.9 Å². The van der Waals surface area contributed by atoms with Crippen molar-refractivity contribution in [2.45, 2.75) is 58.5 Å². The minimum Gasteiger partial charge on any atom is -0.333 e. The highest BCUT2D eigenvalue weighted by molar-refractivity contribution is 7.14. The molecule has 2 N–H and O–H groups in total. The predicted octanol–water partition coefficient (Wildman–Crippen LogP) is 2.96. The maximum atomic E-state index is 12.7. The van der Waals surface area contributed by atoms with E-state index < -0.39 is 0 Å². The van der Waals surface area contributed by atoms with Crippen molar-refractivity contribution in [2.75, 3.05) is 6.54 Å². The largest absolute Gasteiger partial charge is 0.333 e. The number of piperidine rings is 1. The molecule has 1 fully saturated rings. The lowest BCUT2D eigenvalue weighted by Gasteiger charge is -2.37. The van der Waals surface area contributed by atoms with Gasteiger partial charge in [0.1, 0.15) is 0 Å². The molecule has 3 nitrogen and oxygen atoms in total. The summed E-state index contributed by atoms with van der Waals surface area (Å²) >= 11 is 1.64. The molecule has 1 aliphatic rings. The lowest BCUT2D eigenvalue weighted by Crippen LogP contribution is -2.51. The van der Waals surface area contributed by atoms with Crippen LogP contribution in [0.4, 0.5) is 0 Å². The van der Waals surface area contributed by atoms with E-state index in [9.17, 15) is 4.79 Å². The first-order valence-corrected chi connectivity index (χ1v) is 8.02. The molecular formula is C15H24N2OS. The van der Waals surface area contributed by atoms with Crippen molar-refractivity contribution in [1.82, 2.24) is 4.90 Å². The van der Waals surface area contributed by atoms with Crippen LogP contribution in [0.1, 0.15) is 53.2 Å². The van der Waals surface area contributed by atoms with Crippen LogP contribution in [0.2, 0.25) is 0 Å². The van der Waals surface area contributed by atoms with Crippen LogP contribution >= 0.6 is 11.3 Å². The SMILES string of the molecule is CCc1sc(C(=O)N2CCCCC2C(C)N)cc1C. The third-order valence-electron chi connectivity index (χ3n) is 3.97. The molecule has 2 heterocycles. The van der Waals surface area contributed by atoms with Crippen molar-refractivity contribution in [3.05, 3.63) is 21.4 Å². The standard InChI is InChI=1S/C15H24N2OS/c1-4-13-10(2)9-14(19-13)15(18)17-8-6-5-7-12(17)11(3)16/h9,11-12H,4-8,16H2,1-3H3. The zero-order valence-electron chi connectivity index (χ0n) is 12.1. The lowest BCUT2D eigenvalue weighted by molar-refractivity contribution is 0.0589. The van der Waals surface area contributed by atoms with E-state index in [1.807, 2.05) is 17.9 Å². The number of aryl methyl sites for hydroxylation is 2. The first-order chi connectivity index (χ1) is 9.04. The van der Waals surface area contributed by atoms with Crippen molar-refractivity contribution in [1.29, 1.82) is 0 Å². The third kappa shape index (κ3) is 3.00. The number of thiophene rings is 1. The van der Waals surface area contributed by atoms with E-state index in [2.05, 4.69) is 13.8 Å². The number of rotatable bonds is 3. The van der Waals surface area contributed by atoms with Crippen molar-refractivity contribution in [3.63, 3.8) is 0 Å². The van der Waals surface area contributed by atoms with E-state index in [-0.39, 0.29) is 18.0 Å². The highest BCUT2D eigenvalue weighted by Gasteiger charge is 2.30. The van der Waals surface area contributed by atoms with Gasteiger partial charge in [-0.15, -0.1) is 11.3 Å². The number of hydrogen-bond acceptors (Lipinski definition) is 3. The minimum absolute atomic E-state index is 0.0518. The van der Waals surface area contributed by atoms with Crippen molar-refractivity contribution < 1.29 is 4.79 Å². The molecule has 0 aromatic carbocycles. The smallest absolute Gasteiger partial charge is 0.264 e. The molecule has 0 aliphatic carbocycles. The fourth-order valence-corrected chi connectivity index (χ4v) is 3.94. The van der Waals surface area contributed by atoms with Gasteiger partial charge >= 0.3 is 0 Å². The highest BCUT2D eigenvalue weighted by atomic mass is 32.1. The Balaban J connectivity index is 2.21. The van der Waals surface area contributed by atoms with Crippen LogP contribution in [0, 0.1) is 6.92 Å². The summed E-state index contributed by atoms with van der Waals surface area (Å²) in [6.07, 6.45) is 4.31. The first kappa shape index (κ1) is 14.5. The fourth-order valence-electron chi connectivity index (χ4n) is 2.87. The summed E-state index contributed by atoms with van der Waals surface area (Å²) in [6.45, 7) is 7.08. The monoisotopic (exact) mass is 280 g/mol. The number of carbonyl (C=O) groups excluding carboxylic acids is 1. The molecule has 0 saturated carbocycles. The summed E-state index contributed by atoms with van der Waals surface area (Å²) in [6, 6.07) is 2.29. The summed E-state index contributed by atoms with van der Waals surface area (Å²) in [5.74, 6) is 0.176. The third-order valence-corrected chi connectivity index (χ3v) is 5.34. The second-order valence-electron chi connectivity index (χ2n) is 5.49.